The van der Waals surface area contributed by atoms with Gasteiger partial charge >= 0.3 is 0 Å². The highest BCUT2D eigenvalue weighted by Crippen LogP contribution is 2.16. The van der Waals surface area contributed by atoms with Crippen LogP contribution >= 0.6 is 0 Å². The molecular formula is C24H27N7O2. The van der Waals surface area contributed by atoms with Crippen LogP contribution in [-0.2, 0) is 17.8 Å². The first-order valence-electron chi connectivity index (χ1n) is 10.9. The Kier molecular flexibility index (Phi) is 7.09. The number of aryl methyl sites for hydroxylation is 1. The molecule has 0 saturated carbocycles. The lowest BCUT2D eigenvalue weighted by Gasteiger charge is -2.36. The summed E-state index contributed by atoms with van der Waals surface area (Å²) in [5, 5.41) is 8.38. The predicted octanol–water partition coefficient (Wildman–Crippen LogP) is 1.62. The lowest BCUT2D eigenvalue weighted by Crippen LogP contribution is -2.47. The minimum absolute atomic E-state index is 0.192. The van der Waals surface area contributed by atoms with Crippen LogP contribution in [0.25, 0.3) is 0 Å². The first kappa shape index (κ1) is 22.2. The third-order valence-electron chi connectivity index (χ3n) is 5.45. The van der Waals surface area contributed by atoms with Crippen molar-refractivity contribution < 1.29 is 4.79 Å². The van der Waals surface area contributed by atoms with Gasteiger partial charge in [0.25, 0.3) is 11.5 Å². The van der Waals surface area contributed by atoms with Gasteiger partial charge in [0.2, 0.25) is 0 Å². The van der Waals surface area contributed by atoms with Gasteiger partial charge in [-0.2, -0.15) is 10.2 Å². The Bertz CT molecular complexity index is 1150. The summed E-state index contributed by atoms with van der Waals surface area (Å²) in [4.78, 5) is 33.2. The molecule has 1 aromatic carbocycles. The van der Waals surface area contributed by atoms with Crippen molar-refractivity contribution in [2.24, 2.45) is 5.10 Å². The Hall–Kier alpha value is -4.01. The fraction of sp³-hybridized carbons (Fsp3) is 0.292. The number of amides is 1. The van der Waals surface area contributed by atoms with Gasteiger partial charge in [0.1, 0.15) is 18.2 Å². The number of hydrogen-bond donors (Lipinski definition) is 1. The number of hydrogen-bond acceptors (Lipinski definition) is 7. The average molecular weight is 446 g/mol. The van der Waals surface area contributed by atoms with Crippen LogP contribution in [0.1, 0.15) is 11.1 Å². The maximum atomic E-state index is 12.3. The molecule has 170 valence electrons. The van der Waals surface area contributed by atoms with Gasteiger partial charge in [0.05, 0.1) is 0 Å². The topological polar surface area (TPSA) is 95.7 Å². The highest BCUT2D eigenvalue weighted by atomic mass is 16.2. The molecule has 0 aliphatic carbocycles. The zero-order chi connectivity index (χ0) is 23.0. The third kappa shape index (κ3) is 6.03. The van der Waals surface area contributed by atoms with Gasteiger partial charge < -0.3 is 9.80 Å². The number of pyridine rings is 1. The van der Waals surface area contributed by atoms with Crippen molar-refractivity contribution >= 4 is 23.8 Å². The fourth-order valence-electron chi connectivity index (χ4n) is 3.59. The van der Waals surface area contributed by atoms with Crippen molar-refractivity contribution in [1.82, 2.24) is 20.2 Å². The van der Waals surface area contributed by atoms with Gasteiger partial charge in [-0.05, 0) is 30.7 Å². The maximum Gasteiger partial charge on any atom is 0.267 e. The largest absolute Gasteiger partial charge is 0.353 e. The zero-order valence-corrected chi connectivity index (χ0v) is 18.6. The van der Waals surface area contributed by atoms with Gasteiger partial charge in [0.15, 0.2) is 0 Å². The summed E-state index contributed by atoms with van der Waals surface area (Å²) in [5.41, 5.74) is 4.44. The monoisotopic (exact) mass is 445 g/mol. The molecule has 1 N–H and O–H groups in total. The van der Waals surface area contributed by atoms with Crippen LogP contribution in [-0.4, -0.2) is 53.1 Å². The summed E-state index contributed by atoms with van der Waals surface area (Å²) >= 11 is 0. The molecule has 9 heteroatoms. The Morgan fingerprint density at radius 1 is 1.00 bits per heavy atom. The molecule has 1 aliphatic rings. The molecule has 0 unspecified atom stereocenters. The summed E-state index contributed by atoms with van der Waals surface area (Å²) in [6, 6.07) is 17.1. The molecule has 1 aliphatic heterocycles. The van der Waals surface area contributed by atoms with Crippen LogP contribution in [0.3, 0.4) is 0 Å². The number of anilines is 2. The lowest BCUT2D eigenvalue weighted by molar-refractivity contribution is -0.121. The van der Waals surface area contributed by atoms with Crippen LogP contribution in [0, 0.1) is 6.92 Å². The average Bonchev–Trinajstić information content (AvgIpc) is 2.85. The van der Waals surface area contributed by atoms with Crippen LogP contribution in [0.2, 0.25) is 0 Å². The molecule has 1 saturated heterocycles. The molecule has 1 amide bonds. The van der Waals surface area contributed by atoms with E-state index in [-0.39, 0.29) is 12.1 Å². The number of piperazine rings is 1. The first-order chi connectivity index (χ1) is 16.1. The molecule has 33 heavy (non-hydrogen) atoms. The summed E-state index contributed by atoms with van der Waals surface area (Å²) < 4.78 is 1.17. The molecule has 9 nitrogen and oxygen atoms in total. The van der Waals surface area contributed by atoms with Crippen molar-refractivity contribution in [2.75, 3.05) is 36.0 Å². The Morgan fingerprint density at radius 3 is 2.42 bits per heavy atom. The second-order valence-electron chi connectivity index (χ2n) is 7.89. The van der Waals surface area contributed by atoms with Crippen molar-refractivity contribution in [2.45, 2.75) is 19.9 Å². The smallest absolute Gasteiger partial charge is 0.267 e. The summed E-state index contributed by atoms with van der Waals surface area (Å²) in [7, 11) is 0. The zero-order valence-electron chi connectivity index (χ0n) is 18.6. The van der Waals surface area contributed by atoms with Gasteiger partial charge in [0, 0.05) is 51.1 Å². The third-order valence-corrected chi connectivity index (χ3v) is 5.45. The second kappa shape index (κ2) is 10.5. The van der Waals surface area contributed by atoms with E-state index < -0.39 is 5.91 Å². The van der Waals surface area contributed by atoms with Crippen molar-refractivity contribution in [1.29, 1.82) is 0 Å². The number of rotatable bonds is 7. The van der Waals surface area contributed by atoms with Gasteiger partial charge in [-0.3, -0.25) is 9.59 Å². The molecule has 2 aromatic heterocycles. The lowest BCUT2D eigenvalue weighted by atomic mass is 10.1. The molecule has 4 rings (SSSR count). The molecule has 0 spiro atoms. The number of carbonyl (C=O) groups is 1. The van der Waals surface area contributed by atoms with Gasteiger partial charge in [-0.25, -0.2) is 15.1 Å². The second-order valence-corrected chi connectivity index (χ2v) is 7.89. The summed E-state index contributed by atoms with van der Waals surface area (Å²) in [6.07, 6.45) is 4.03. The summed E-state index contributed by atoms with van der Waals surface area (Å²) in [5.74, 6) is 1.22. The molecule has 0 atom stereocenters. The standard InChI is InChI=1S/C24H27N7O2/c1-19-5-7-20(8-6-19)11-13-26-27-23(32)18-31-24(33)10-9-22(28-31)30-16-14-29(15-17-30)21-4-2-3-12-25-21/h2-10,12-13H,11,14-18H2,1H3,(H,27,32)/b26-13+. The number of hydrazone groups is 1. The molecule has 0 bridgehead atoms. The minimum atomic E-state index is -0.401. The fourth-order valence-corrected chi connectivity index (χ4v) is 3.59. The van der Waals surface area contributed by atoms with E-state index in [0.29, 0.717) is 12.2 Å². The van der Waals surface area contributed by atoms with E-state index in [4.69, 9.17) is 0 Å². The van der Waals surface area contributed by atoms with E-state index in [1.165, 1.54) is 16.3 Å². The van der Waals surface area contributed by atoms with Crippen molar-refractivity contribution in [3.05, 3.63) is 82.3 Å². The van der Waals surface area contributed by atoms with Crippen LogP contribution in [0.5, 0.6) is 0 Å². The quantitative estimate of drug-likeness (QED) is 0.439. The van der Waals surface area contributed by atoms with E-state index in [1.807, 2.05) is 49.4 Å². The molecule has 3 heterocycles. The van der Waals surface area contributed by atoms with Gasteiger partial charge in [-0.1, -0.05) is 35.9 Å². The minimum Gasteiger partial charge on any atom is -0.353 e. The van der Waals surface area contributed by atoms with Crippen LogP contribution in [0.4, 0.5) is 11.6 Å². The SMILES string of the molecule is Cc1ccc(C/C=N/NC(=O)Cn2nc(N3CCN(c4ccccn4)CC3)ccc2=O)cc1. The normalized spacial score (nSPS) is 14.0. The highest BCUT2D eigenvalue weighted by molar-refractivity contribution is 5.76. The van der Waals surface area contributed by atoms with E-state index in [9.17, 15) is 9.59 Å². The molecule has 3 aromatic rings. The Labute approximate surface area is 192 Å². The van der Waals surface area contributed by atoms with Crippen molar-refractivity contribution in [3.8, 4) is 0 Å². The number of benzene rings is 1. The number of carbonyl (C=O) groups excluding carboxylic acids is 1. The van der Waals surface area contributed by atoms with E-state index >= 15 is 0 Å². The molecule has 1 fully saturated rings. The number of nitrogens with one attached hydrogen (secondary N) is 1. The summed E-state index contributed by atoms with van der Waals surface area (Å²) in [6.45, 7) is 4.93. The molecular weight excluding hydrogens is 418 g/mol. The van der Waals surface area contributed by atoms with Gasteiger partial charge in [-0.15, -0.1) is 0 Å². The maximum absolute atomic E-state index is 12.3. The Balaban J connectivity index is 1.30. The van der Waals surface area contributed by atoms with Crippen LogP contribution < -0.4 is 20.8 Å². The number of aromatic nitrogens is 3. The Morgan fingerprint density at radius 2 is 1.73 bits per heavy atom. The van der Waals surface area contributed by atoms with E-state index in [0.717, 1.165) is 37.6 Å². The van der Waals surface area contributed by atoms with E-state index in [2.05, 4.69) is 30.4 Å². The van der Waals surface area contributed by atoms with Crippen molar-refractivity contribution in [3.63, 3.8) is 0 Å². The molecule has 0 radical (unpaired) electrons. The first-order valence-corrected chi connectivity index (χ1v) is 10.9. The van der Waals surface area contributed by atoms with E-state index in [1.54, 1.807) is 18.5 Å². The predicted molar refractivity (Wildman–Crippen MR) is 129 cm³/mol. The highest BCUT2D eigenvalue weighted by Gasteiger charge is 2.19. The van der Waals surface area contributed by atoms with Crippen LogP contribution in [0.15, 0.2) is 70.7 Å². The number of nitrogens with zero attached hydrogens (tertiary/aromatic N) is 6.